The minimum Gasteiger partial charge on any atom is -0.351 e. The van der Waals surface area contributed by atoms with Gasteiger partial charge in [0.15, 0.2) is 0 Å². The number of benzene rings is 1. The van der Waals surface area contributed by atoms with Crippen LogP contribution in [0.2, 0.25) is 0 Å². The van der Waals surface area contributed by atoms with Gasteiger partial charge in [0.2, 0.25) is 0 Å². The van der Waals surface area contributed by atoms with E-state index in [1.54, 1.807) is 6.07 Å². The van der Waals surface area contributed by atoms with E-state index in [1.807, 2.05) is 18.2 Å². The van der Waals surface area contributed by atoms with Crippen molar-refractivity contribution in [3.63, 3.8) is 0 Å². The summed E-state index contributed by atoms with van der Waals surface area (Å²) in [7, 11) is 0. The Morgan fingerprint density at radius 2 is 2.12 bits per heavy atom. The van der Waals surface area contributed by atoms with Crippen molar-refractivity contribution in [2.45, 2.75) is 37.5 Å². The first-order chi connectivity index (χ1) is 8.09. The van der Waals surface area contributed by atoms with Crippen molar-refractivity contribution >= 4 is 18.5 Å². The molecule has 0 bridgehead atoms. The van der Waals surface area contributed by atoms with Crippen molar-refractivity contribution in [3.8, 4) is 0 Å². The van der Waals surface area contributed by atoms with Gasteiger partial charge in [0.25, 0.3) is 5.91 Å². The highest BCUT2D eigenvalue weighted by molar-refractivity contribution is 7.80. The molecule has 0 aliphatic heterocycles. The summed E-state index contributed by atoms with van der Waals surface area (Å²) in [6.07, 6.45) is 5.02. The average Bonchev–Trinajstić information content (AvgIpc) is 2.74. The van der Waals surface area contributed by atoms with Crippen LogP contribution in [0.4, 0.5) is 0 Å². The smallest absolute Gasteiger partial charge is 0.251 e. The molecule has 2 nitrogen and oxygen atoms in total. The van der Waals surface area contributed by atoms with Crippen LogP contribution in [0, 0.1) is 5.41 Å². The van der Waals surface area contributed by atoms with Crippen molar-refractivity contribution in [2.24, 2.45) is 5.41 Å². The Bertz CT molecular complexity index is 410. The van der Waals surface area contributed by atoms with Gasteiger partial charge in [-0.3, -0.25) is 4.79 Å². The molecule has 1 aromatic carbocycles. The first-order valence-corrected chi connectivity index (χ1v) is 6.61. The first kappa shape index (κ1) is 12.5. The minimum absolute atomic E-state index is 0.00836. The van der Waals surface area contributed by atoms with Crippen molar-refractivity contribution in [3.05, 3.63) is 29.8 Å². The highest BCUT2D eigenvalue weighted by Gasteiger charge is 2.28. The molecule has 1 aromatic rings. The van der Waals surface area contributed by atoms with Crippen LogP contribution in [-0.2, 0) is 0 Å². The van der Waals surface area contributed by atoms with Gasteiger partial charge < -0.3 is 5.32 Å². The number of carbonyl (C=O) groups is 1. The summed E-state index contributed by atoms with van der Waals surface area (Å²) in [5.41, 5.74) is 0.993. The molecule has 0 saturated heterocycles. The summed E-state index contributed by atoms with van der Waals surface area (Å²) in [5.74, 6) is 0.00836. The molecule has 0 aromatic heterocycles. The summed E-state index contributed by atoms with van der Waals surface area (Å²) < 4.78 is 0. The Morgan fingerprint density at radius 3 is 2.76 bits per heavy atom. The molecule has 1 N–H and O–H groups in total. The molecule has 92 valence electrons. The van der Waals surface area contributed by atoms with Crippen LogP contribution in [0.25, 0.3) is 0 Å². The van der Waals surface area contributed by atoms with Crippen molar-refractivity contribution < 1.29 is 4.79 Å². The number of thiol groups is 1. The third-order valence-corrected chi connectivity index (χ3v) is 3.87. The van der Waals surface area contributed by atoms with E-state index in [0.29, 0.717) is 11.0 Å². The van der Waals surface area contributed by atoms with Crippen LogP contribution in [-0.4, -0.2) is 12.5 Å². The summed E-state index contributed by atoms with van der Waals surface area (Å²) >= 11 is 4.24. The van der Waals surface area contributed by atoms with Gasteiger partial charge in [-0.25, -0.2) is 0 Å². The Balaban J connectivity index is 1.93. The third kappa shape index (κ3) is 3.25. The number of hydrogen-bond acceptors (Lipinski definition) is 2. The average molecular weight is 249 g/mol. The number of nitrogens with one attached hydrogen (secondary N) is 1. The number of amides is 1. The van der Waals surface area contributed by atoms with Gasteiger partial charge in [-0.1, -0.05) is 25.8 Å². The zero-order valence-corrected chi connectivity index (χ0v) is 11.1. The molecule has 1 saturated carbocycles. The molecular weight excluding hydrogens is 230 g/mol. The monoisotopic (exact) mass is 249 g/mol. The molecule has 0 unspecified atom stereocenters. The molecule has 1 amide bonds. The fraction of sp³-hybridized carbons (Fsp3) is 0.500. The van der Waals surface area contributed by atoms with Gasteiger partial charge in [-0.15, -0.1) is 12.6 Å². The standard InChI is InChI=1S/C14H19NOS/c1-14(7-2-3-8-14)10-15-13(16)11-5-4-6-12(17)9-11/h4-6,9,17H,2-3,7-8,10H2,1H3,(H,15,16). The predicted molar refractivity (Wildman–Crippen MR) is 72.6 cm³/mol. The topological polar surface area (TPSA) is 29.1 Å². The Morgan fingerprint density at radius 1 is 1.41 bits per heavy atom. The Labute approximate surface area is 108 Å². The van der Waals surface area contributed by atoms with Gasteiger partial charge in [-0.2, -0.15) is 0 Å². The van der Waals surface area contributed by atoms with E-state index in [1.165, 1.54) is 25.7 Å². The molecule has 1 aliphatic carbocycles. The van der Waals surface area contributed by atoms with Crippen molar-refractivity contribution in [1.82, 2.24) is 5.32 Å². The lowest BCUT2D eigenvalue weighted by Crippen LogP contribution is -2.34. The zero-order chi connectivity index (χ0) is 12.3. The lowest BCUT2D eigenvalue weighted by atomic mass is 9.89. The molecule has 3 heteroatoms. The molecular formula is C14H19NOS. The highest BCUT2D eigenvalue weighted by atomic mass is 32.1. The van der Waals surface area contributed by atoms with E-state index in [2.05, 4.69) is 24.9 Å². The second-order valence-electron chi connectivity index (χ2n) is 5.25. The van der Waals surface area contributed by atoms with Gasteiger partial charge in [0.1, 0.15) is 0 Å². The van der Waals surface area contributed by atoms with Crippen LogP contribution in [0.3, 0.4) is 0 Å². The van der Waals surface area contributed by atoms with Crippen LogP contribution in [0.15, 0.2) is 29.2 Å². The lowest BCUT2D eigenvalue weighted by molar-refractivity contribution is 0.0934. The normalized spacial score (nSPS) is 18.0. The summed E-state index contributed by atoms with van der Waals surface area (Å²) in [6.45, 7) is 3.04. The molecule has 0 spiro atoms. The molecule has 0 radical (unpaired) electrons. The van der Waals surface area contributed by atoms with Gasteiger partial charge in [-0.05, 0) is 36.5 Å². The number of hydrogen-bond donors (Lipinski definition) is 2. The highest BCUT2D eigenvalue weighted by Crippen LogP contribution is 2.36. The first-order valence-electron chi connectivity index (χ1n) is 6.16. The van der Waals surface area contributed by atoms with Gasteiger partial charge in [0, 0.05) is 17.0 Å². The Kier molecular flexibility index (Phi) is 3.77. The second kappa shape index (κ2) is 5.13. The molecule has 0 heterocycles. The maximum absolute atomic E-state index is 12.0. The van der Waals surface area contributed by atoms with Crippen LogP contribution >= 0.6 is 12.6 Å². The molecule has 1 fully saturated rings. The van der Waals surface area contributed by atoms with E-state index in [0.717, 1.165) is 11.4 Å². The van der Waals surface area contributed by atoms with Gasteiger partial charge >= 0.3 is 0 Å². The number of carbonyl (C=O) groups excluding carboxylic acids is 1. The quantitative estimate of drug-likeness (QED) is 0.791. The maximum Gasteiger partial charge on any atom is 0.251 e. The third-order valence-electron chi connectivity index (χ3n) is 3.59. The van der Waals surface area contributed by atoms with Crippen LogP contribution < -0.4 is 5.32 Å². The van der Waals surface area contributed by atoms with E-state index < -0.39 is 0 Å². The van der Waals surface area contributed by atoms with E-state index >= 15 is 0 Å². The zero-order valence-electron chi connectivity index (χ0n) is 10.2. The Hall–Kier alpha value is -0.960. The second-order valence-corrected chi connectivity index (χ2v) is 5.77. The molecule has 17 heavy (non-hydrogen) atoms. The minimum atomic E-state index is 0.00836. The molecule has 1 aliphatic rings. The maximum atomic E-state index is 12.0. The SMILES string of the molecule is CC1(CNC(=O)c2cccc(S)c2)CCCC1. The van der Waals surface area contributed by atoms with E-state index in [4.69, 9.17) is 0 Å². The van der Waals surface area contributed by atoms with Gasteiger partial charge in [0.05, 0.1) is 0 Å². The lowest BCUT2D eigenvalue weighted by Gasteiger charge is -2.23. The molecule has 0 atom stereocenters. The fourth-order valence-corrected chi connectivity index (χ4v) is 2.67. The fourth-order valence-electron chi connectivity index (χ4n) is 2.45. The number of rotatable bonds is 3. The summed E-state index contributed by atoms with van der Waals surface area (Å²) in [4.78, 5) is 12.8. The van der Waals surface area contributed by atoms with E-state index in [9.17, 15) is 4.79 Å². The summed E-state index contributed by atoms with van der Waals surface area (Å²) in [5, 5.41) is 3.04. The van der Waals surface area contributed by atoms with Crippen LogP contribution in [0.1, 0.15) is 43.0 Å². The van der Waals surface area contributed by atoms with Crippen molar-refractivity contribution in [2.75, 3.05) is 6.54 Å². The molecule has 2 rings (SSSR count). The summed E-state index contributed by atoms with van der Waals surface area (Å²) in [6, 6.07) is 7.36. The van der Waals surface area contributed by atoms with Crippen molar-refractivity contribution in [1.29, 1.82) is 0 Å². The van der Waals surface area contributed by atoms with E-state index in [-0.39, 0.29) is 5.91 Å². The largest absolute Gasteiger partial charge is 0.351 e. The predicted octanol–water partition coefficient (Wildman–Crippen LogP) is 3.29. The van der Waals surface area contributed by atoms with Crippen LogP contribution in [0.5, 0.6) is 0 Å².